The zero-order valence-corrected chi connectivity index (χ0v) is 22.0. The van der Waals surface area contributed by atoms with E-state index >= 15 is 0 Å². The van der Waals surface area contributed by atoms with Crippen LogP contribution in [0.4, 0.5) is 17.3 Å². The third kappa shape index (κ3) is 7.84. The highest BCUT2D eigenvalue weighted by molar-refractivity contribution is 9.10. The zero-order valence-electron chi connectivity index (χ0n) is 19.6. The maximum atomic E-state index is 10.2. The second-order valence-corrected chi connectivity index (χ2v) is 8.83. The van der Waals surface area contributed by atoms with E-state index in [2.05, 4.69) is 36.6 Å². The Balaban J connectivity index is 0.000000429. The van der Waals surface area contributed by atoms with Crippen LogP contribution in [-0.2, 0) is 4.79 Å². The van der Waals surface area contributed by atoms with Crippen molar-refractivity contribution in [1.82, 2.24) is 20.6 Å². The van der Waals surface area contributed by atoms with Gasteiger partial charge in [0.2, 0.25) is 5.91 Å². The van der Waals surface area contributed by atoms with Crippen molar-refractivity contribution in [1.29, 1.82) is 0 Å². The molecule has 0 radical (unpaired) electrons. The lowest BCUT2D eigenvalue weighted by Crippen LogP contribution is -2.28. The van der Waals surface area contributed by atoms with Gasteiger partial charge in [-0.2, -0.15) is 0 Å². The van der Waals surface area contributed by atoms with E-state index in [9.17, 15) is 4.79 Å². The van der Waals surface area contributed by atoms with Crippen LogP contribution >= 0.6 is 27.9 Å². The lowest BCUT2D eigenvalue weighted by molar-refractivity contribution is -0.119. The molecule has 8 nitrogen and oxygen atoms in total. The molecule has 4 N–H and O–H groups in total. The van der Waals surface area contributed by atoms with Crippen LogP contribution in [0.1, 0.15) is 0 Å². The van der Waals surface area contributed by atoms with Crippen LogP contribution in [0.5, 0.6) is 5.75 Å². The third-order valence-corrected chi connectivity index (χ3v) is 6.12. The first-order valence-corrected chi connectivity index (χ1v) is 12.4. The van der Waals surface area contributed by atoms with Crippen LogP contribution < -0.4 is 25.4 Å². The number of fused-ring (bicyclic) bond motifs is 1. The van der Waals surface area contributed by atoms with Gasteiger partial charge in [-0.1, -0.05) is 30.3 Å². The smallest absolute Gasteiger partial charge is 0.233 e. The summed E-state index contributed by atoms with van der Waals surface area (Å²) in [5, 5.41) is 8.54. The summed E-state index contributed by atoms with van der Waals surface area (Å²) in [6.45, 7) is 0.399. The van der Waals surface area contributed by atoms with E-state index < -0.39 is 0 Å². The van der Waals surface area contributed by atoms with Crippen molar-refractivity contribution in [2.45, 2.75) is 4.90 Å². The standard InChI is InChI=1S/C21H17BrN4OS.C4H10N2O/c1-27-14-11-12-16(22)19(13-14)25-20-21(26-28-15-7-3-2-4-8-15)24-18-10-6-5-9-17(18)23-20;1-5-3-4(7)6-2/h2-13H,1H3,(H,23,25)(H,24,26);5H,3H2,1-2H3,(H,6,7). The largest absolute Gasteiger partial charge is 0.497 e. The van der Waals surface area contributed by atoms with Crippen molar-refractivity contribution in [2.75, 3.05) is 37.8 Å². The number of methoxy groups -OCH3 is 1. The average Bonchev–Trinajstić information content (AvgIpc) is 2.89. The van der Waals surface area contributed by atoms with Crippen molar-refractivity contribution < 1.29 is 9.53 Å². The van der Waals surface area contributed by atoms with E-state index in [0.29, 0.717) is 18.2 Å². The van der Waals surface area contributed by atoms with E-state index in [-0.39, 0.29) is 5.91 Å². The molecule has 0 atom stereocenters. The molecule has 182 valence electrons. The molecular weight excluding hydrogens is 528 g/mol. The fourth-order valence-corrected chi connectivity index (χ4v) is 3.85. The molecule has 0 unspecified atom stereocenters. The first kappa shape index (κ1) is 26.3. The molecule has 3 aromatic carbocycles. The average molecular weight is 556 g/mol. The molecule has 0 aliphatic rings. The van der Waals surface area contributed by atoms with Gasteiger partial charge in [0, 0.05) is 22.5 Å². The number of anilines is 3. The summed E-state index contributed by atoms with van der Waals surface area (Å²) in [7, 11) is 4.99. The summed E-state index contributed by atoms with van der Waals surface area (Å²) in [5.74, 6) is 2.06. The minimum absolute atomic E-state index is 0.0162. The number of halogens is 1. The third-order valence-electron chi connectivity index (χ3n) is 4.62. The zero-order chi connectivity index (χ0) is 25.0. The summed E-state index contributed by atoms with van der Waals surface area (Å²) < 4.78 is 9.57. The van der Waals surface area contributed by atoms with Crippen LogP contribution in [0.15, 0.2) is 82.2 Å². The fourth-order valence-electron chi connectivity index (χ4n) is 2.86. The topological polar surface area (TPSA) is 100 Å². The monoisotopic (exact) mass is 554 g/mol. The highest BCUT2D eigenvalue weighted by atomic mass is 79.9. The Morgan fingerprint density at radius 1 is 0.943 bits per heavy atom. The van der Waals surface area contributed by atoms with Gasteiger partial charge in [0.25, 0.3) is 0 Å². The minimum Gasteiger partial charge on any atom is -0.497 e. The molecule has 10 heteroatoms. The van der Waals surface area contributed by atoms with E-state index in [1.54, 1.807) is 21.2 Å². The number of benzene rings is 3. The molecule has 1 aromatic heterocycles. The van der Waals surface area contributed by atoms with Crippen LogP contribution in [0.3, 0.4) is 0 Å². The Morgan fingerprint density at radius 3 is 2.20 bits per heavy atom. The molecule has 4 aromatic rings. The lowest BCUT2D eigenvalue weighted by Gasteiger charge is -2.14. The van der Waals surface area contributed by atoms with Gasteiger partial charge in [-0.25, -0.2) is 9.97 Å². The number of hydrogen-bond acceptors (Lipinski definition) is 8. The van der Waals surface area contributed by atoms with Gasteiger partial charge in [-0.05, 0) is 71.3 Å². The fraction of sp³-hybridized carbons (Fsp3) is 0.160. The van der Waals surface area contributed by atoms with E-state index in [4.69, 9.17) is 14.7 Å². The Labute approximate surface area is 217 Å². The number of ether oxygens (including phenoxy) is 1. The number of hydrogen-bond donors (Lipinski definition) is 4. The molecule has 1 heterocycles. The predicted molar refractivity (Wildman–Crippen MR) is 147 cm³/mol. The van der Waals surface area contributed by atoms with E-state index in [1.807, 2.05) is 72.8 Å². The Kier molecular flexibility index (Phi) is 10.1. The molecule has 35 heavy (non-hydrogen) atoms. The molecule has 1 amide bonds. The summed E-state index contributed by atoms with van der Waals surface area (Å²) in [5.41, 5.74) is 2.49. The molecule has 0 aliphatic carbocycles. The number of rotatable bonds is 8. The van der Waals surface area contributed by atoms with Gasteiger partial charge in [-0.3, -0.25) is 4.79 Å². The minimum atomic E-state index is 0.0162. The second-order valence-electron chi connectivity index (χ2n) is 7.10. The van der Waals surface area contributed by atoms with Gasteiger partial charge in [0.1, 0.15) is 5.75 Å². The summed E-state index contributed by atoms with van der Waals surface area (Å²) >= 11 is 5.07. The Bertz CT molecular complexity index is 1260. The summed E-state index contributed by atoms with van der Waals surface area (Å²) in [4.78, 5) is 20.9. The number of nitrogens with zero attached hydrogens (tertiary/aromatic N) is 2. The molecule has 0 fully saturated rings. The molecule has 0 spiro atoms. The number of nitrogens with one attached hydrogen (secondary N) is 4. The number of likely N-dealkylation sites (N-methyl/N-ethyl adjacent to an activating group) is 2. The first-order valence-electron chi connectivity index (χ1n) is 10.7. The first-order chi connectivity index (χ1) is 17.0. The summed E-state index contributed by atoms with van der Waals surface area (Å²) in [6.07, 6.45) is 0. The maximum absolute atomic E-state index is 10.2. The van der Waals surface area contributed by atoms with E-state index in [0.717, 1.165) is 31.8 Å². The molecular formula is C25H27BrN6O2S. The maximum Gasteiger partial charge on any atom is 0.233 e. The van der Waals surface area contributed by atoms with Gasteiger partial charge < -0.3 is 25.4 Å². The quantitative estimate of drug-likeness (QED) is 0.220. The van der Waals surface area contributed by atoms with Crippen molar-refractivity contribution >= 4 is 62.1 Å². The lowest BCUT2D eigenvalue weighted by atomic mass is 10.3. The van der Waals surface area contributed by atoms with Crippen molar-refractivity contribution in [3.8, 4) is 5.75 Å². The van der Waals surface area contributed by atoms with Crippen LogP contribution in [-0.4, -0.2) is 43.6 Å². The van der Waals surface area contributed by atoms with Gasteiger partial charge in [0.15, 0.2) is 11.6 Å². The van der Waals surface area contributed by atoms with Gasteiger partial charge >= 0.3 is 0 Å². The van der Waals surface area contributed by atoms with Crippen molar-refractivity contribution in [3.63, 3.8) is 0 Å². The Hall–Kier alpha value is -3.34. The van der Waals surface area contributed by atoms with Crippen LogP contribution in [0.25, 0.3) is 11.0 Å². The number of carbonyl (C=O) groups excluding carboxylic acids is 1. The highest BCUT2D eigenvalue weighted by Gasteiger charge is 2.12. The second kappa shape index (κ2) is 13.5. The predicted octanol–water partition coefficient (Wildman–Crippen LogP) is 5.22. The molecule has 0 bridgehead atoms. The molecule has 0 aliphatic heterocycles. The molecule has 0 saturated heterocycles. The van der Waals surface area contributed by atoms with E-state index in [1.165, 1.54) is 11.9 Å². The summed E-state index contributed by atoms with van der Waals surface area (Å²) in [6, 6.07) is 23.6. The number of aromatic nitrogens is 2. The molecule has 0 saturated carbocycles. The highest BCUT2D eigenvalue weighted by Crippen LogP contribution is 2.33. The normalized spacial score (nSPS) is 10.2. The van der Waals surface area contributed by atoms with Gasteiger partial charge in [-0.15, -0.1) is 0 Å². The number of carbonyl (C=O) groups is 1. The van der Waals surface area contributed by atoms with Crippen LogP contribution in [0.2, 0.25) is 0 Å². The van der Waals surface area contributed by atoms with Crippen LogP contribution in [0, 0.1) is 0 Å². The number of amides is 1. The van der Waals surface area contributed by atoms with Crippen molar-refractivity contribution in [3.05, 3.63) is 77.3 Å². The molecule has 4 rings (SSSR count). The SMILES string of the molecule is CNCC(=O)NC.COc1ccc(Br)c(Nc2nc3ccccc3nc2NSc2ccccc2)c1. The van der Waals surface area contributed by atoms with Crippen molar-refractivity contribution in [2.24, 2.45) is 0 Å². The number of para-hydroxylation sites is 2. The van der Waals surface area contributed by atoms with Gasteiger partial charge in [0.05, 0.1) is 30.4 Å². The Morgan fingerprint density at radius 2 is 1.60 bits per heavy atom.